The molecule has 5 heteroatoms. The average molecular weight is 140 g/mol. The summed E-state index contributed by atoms with van der Waals surface area (Å²) in [6.45, 7) is 2.79. The SMILES string of the molecule is C=C1O[C@]1(O)C(F)(F)F. The quantitative estimate of drug-likeness (QED) is 0.504. The van der Waals surface area contributed by atoms with E-state index in [0.29, 0.717) is 0 Å². The molecule has 0 aromatic carbocycles. The van der Waals surface area contributed by atoms with Crippen LogP contribution in [0.15, 0.2) is 12.3 Å². The van der Waals surface area contributed by atoms with Crippen molar-refractivity contribution in [1.82, 2.24) is 0 Å². The zero-order valence-corrected chi connectivity index (χ0v) is 4.20. The number of ether oxygens (including phenoxy) is 1. The molecule has 1 fully saturated rings. The first-order valence-electron chi connectivity index (χ1n) is 2.05. The van der Waals surface area contributed by atoms with Gasteiger partial charge in [0.15, 0.2) is 5.76 Å². The van der Waals surface area contributed by atoms with Crippen LogP contribution in [0.3, 0.4) is 0 Å². The highest BCUT2D eigenvalue weighted by atomic mass is 19.4. The first kappa shape index (κ1) is 6.41. The molecule has 0 aromatic rings. The van der Waals surface area contributed by atoms with Crippen molar-refractivity contribution in [2.45, 2.75) is 12.0 Å². The maximum Gasteiger partial charge on any atom is 0.463 e. The molecule has 0 amide bonds. The Morgan fingerprint density at radius 3 is 1.89 bits per heavy atom. The molecule has 1 atom stereocenters. The molecule has 0 radical (unpaired) electrons. The molecule has 52 valence electrons. The molecule has 0 saturated carbocycles. The van der Waals surface area contributed by atoms with E-state index in [1.807, 2.05) is 0 Å². The zero-order chi connectivity index (χ0) is 7.28. The van der Waals surface area contributed by atoms with Gasteiger partial charge in [0.1, 0.15) is 0 Å². The third kappa shape index (κ3) is 0.682. The molecule has 9 heavy (non-hydrogen) atoms. The molecule has 1 aliphatic heterocycles. The minimum atomic E-state index is -4.75. The predicted octanol–water partition coefficient (Wildman–Crippen LogP) is 0.781. The minimum absolute atomic E-state index is 0.644. The average Bonchev–Trinajstić information content (AvgIpc) is 2.13. The molecule has 1 aliphatic rings. The number of hydrogen-bond acceptors (Lipinski definition) is 2. The molecule has 1 rings (SSSR count). The van der Waals surface area contributed by atoms with Gasteiger partial charge in [-0.1, -0.05) is 6.58 Å². The van der Waals surface area contributed by atoms with E-state index < -0.39 is 17.7 Å². The summed E-state index contributed by atoms with van der Waals surface area (Å²) in [5, 5.41) is 8.29. The van der Waals surface area contributed by atoms with Crippen molar-refractivity contribution in [1.29, 1.82) is 0 Å². The highest BCUT2D eigenvalue weighted by Crippen LogP contribution is 2.49. The van der Waals surface area contributed by atoms with Gasteiger partial charge in [-0.05, 0) is 0 Å². The first-order valence-corrected chi connectivity index (χ1v) is 2.05. The third-order valence-electron chi connectivity index (χ3n) is 0.991. The molecule has 1 N–H and O–H groups in total. The Morgan fingerprint density at radius 1 is 1.56 bits per heavy atom. The fourth-order valence-corrected chi connectivity index (χ4v) is 0.369. The normalized spacial score (nSPS) is 34.0. The van der Waals surface area contributed by atoms with E-state index in [0.717, 1.165) is 0 Å². The summed E-state index contributed by atoms with van der Waals surface area (Å²) in [5.41, 5.74) is 0. The fraction of sp³-hybridized carbons (Fsp3) is 0.500. The van der Waals surface area contributed by atoms with Gasteiger partial charge >= 0.3 is 12.0 Å². The molecule has 1 heterocycles. The second-order valence-corrected chi connectivity index (χ2v) is 1.67. The zero-order valence-electron chi connectivity index (χ0n) is 4.20. The van der Waals surface area contributed by atoms with Crippen LogP contribution in [0.4, 0.5) is 13.2 Å². The van der Waals surface area contributed by atoms with E-state index in [1.54, 1.807) is 0 Å². The van der Waals surface area contributed by atoms with Crippen molar-refractivity contribution in [2.75, 3.05) is 0 Å². The Kier molecular flexibility index (Phi) is 0.879. The van der Waals surface area contributed by atoms with Gasteiger partial charge in [0.25, 0.3) is 0 Å². The Labute approximate surface area is 48.5 Å². The van der Waals surface area contributed by atoms with Crippen molar-refractivity contribution in [3.05, 3.63) is 12.3 Å². The van der Waals surface area contributed by atoms with Crippen LogP contribution in [-0.4, -0.2) is 17.1 Å². The van der Waals surface area contributed by atoms with E-state index >= 15 is 0 Å². The van der Waals surface area contributed by atoms with Crippen LogP contribution >= 0.6 is 0 Å². The summed E-state index contributed by atoms with van der Waals surface area (Å²) in [7, 11) is 0. The van der Waals surface area contributed by atoms with Crippen LogP contribution in [-0.2, 0) is 4.74 Å². The molecule has 0 aromatic heterocycles. The summed E-state index contributed by atoms with van der Waals surface area (Å²) in [4.78, 5) is 0. The fourth-order valence-electron chi connectivity index (χ4n) is 0.369. The van der Waals surface area contributed by atoms with Crippen LogP contribution in [0, 0.1) is 0 Å². The molecule has 0 unspecified atom stereocenters. The molecular weight excluding hydrogens is 137 g/mol. The van der Waals surface area contributed by atoms with E-state index in [-0.39, 0.29) is 0 Å². The van der Waals surface area contributed by atoms with Gasteiger partial charge in [-0.25, -0.2) is 0 Å². The minimum Gasteiger partial charge on any atom is -0.445 e. The van der Waals surface area contributed by atoms with E-state index in [9.17, 15) is 13.2 Å². The lowest BCUT2D eigenvalue weighted by Crippen LogP contribution is -2.31. The number of aliphatic hydroxyl groups is 1. The lowest BCUT2D eigenvalue weighted by atomic mass is 10.3. The standard InChI is InChI=1S/C4H3F3O2/c1-2-3(8,9-2)4(5,6)7/h8H,1H2/t3-/m0/s1. The molecule has 0 spiro atoms. The lowest BCUT2D eigenvalue weighted by molar-refractivity contribution is -0.251. The van der Waals surface area contributed by atoms with E-state index in [1.165, 1.54) is 0 Å². The van der Waals surface area contributed by atoms with Gasteiger partial charge in [-0.2, -0.15) is 13.2 Å². The van der Waals surface area contributed by atoms with Crippen LogP contribution in [0.2, 0.25) is 0 Å². The number of alkyl halides is 3. The Bertz CT molecular complexity index is 162. The topological polar surface area (TPSA) is 32.8 Å². The largest absolute Gasteiger partial charge is 0.463 e. The van der Waals surface area contributed by atoms with E-state index in [4.69, 9.17) is 5.11 Å². The van der Waals surface area contributed by atoms with Crippen LogP contribution < -0.4 is 0 Å². The predicted molar refractivity (Wildman–Crippen MR) is 21.2 cm³/mol. The highest BCUT2D eigenvalue weighted by Gasteiger charge is 2.71. The second kappa shape index (κ2) is 1.23. The van der Waals surface area contributed by atoms with Gasteiger partial charge in [0.2, 0.25) is 0 Å². The summed E-state index contributed by atoms with van der Waals surface area (Å²) in [6.07, 6.45) is -4.75. The van der Waals surface area contributed by atoms with Crippen LogP contribution in [0.5, 0.6) is 0 Å². The summed E-state index contributed by atoms with van der Waals surface area (Å²) in [5.74, 6) is -3.69. The number of rotatable bonds is 0. The molecular formula is C4H3F3O2. The summed E-state index contributed by atoms with van der Waals surface area (Å²) < 4.78 is 38.0. The van der Waals surface area contributed by atoms with Crippen molar-refractivity contribution in [3.63, 3.8) is 0 Å². The first-order chi connectivity index (χ1) is 3.88. The van der Waals surface area contributed by atoms with Crippen LogP contribution in [0.25, 0.3) is 0 Å². The smallest absolute Gasteiger partial charge is 0.445 e. The van der Waals surface area contributed by atoms with E-state index in [2.05, 4.69) is 11.3 Å². The second-order valence-electron chi connectivity index (χ2n) is 1.67. The monoisotopic (exact) mass is 140 g/mol. The van der Waals surface area contributed by atoms with Crippen molar-refractivity contribution in [2.24, 2.45) is 0 Å². The number of epoxide rings is 1. The summed E-state index contributed by atoms with van der Waals surface area (Å²) >= 11 is 0. The van der Waals surface area contributed by atoms with Gasteiger partial charge in [-0.15, -0.1) is 0 Å². The Morgan fingerprint density at radius 2 is 1.89 bits per heavy atom. The van der Waals surface area contributed by atoms with Crippen molar-refractivity contribution in [3.8, 4) is 0 Å². The lowest BCUT2D eigenvalue weighted by Gasteiger charge is -2.04. The molecule has 0 bridgehead atoms. The Balaban J connectivity index is 2.76. The van der Waals surface area contributed by atoms with Crippen molar-refractivity contribution < 1.29 is 23.0 Å². The Hall–Kier alpha value is -0.710. The number of halogens is 3. The number of hydrogen-bond donors (Lipinski definition) is 1. The molecule has 2 nitrogen and oxygen atoms in total. The van der Waals surface area contributed by atoms with Gasteiger partial charge < -0.3 is 9.84 Å². The molecule has 0 aliphatic carbocycles. The summed E-state index contributed by atoms with van der Waals surface area (Å²) in [6, 6.07) is 0. The molecule has 1 saturated heterocycles. The third-order valence-corrected chi connectivity index (χ3v) is 0.991. The van der Waals surface area contributed by atoms with Gasteiger partial charge in [0.05, 0.1) is 0 Å². The maximum atomic E-state index is 11.4. The van der Waals surface area contributed by atoms with Crippen LogP contribution in [0.1, 0.15) is 0 Å². The van der Waals surface area contributed by atoms with Gasteiger partial charge in [0, 0.05) is 0 Å². The highest BCUT2D eigenvalue weighted by molar-refractivity contribution is 5.18. The van der Waals surface area contributed by atoms with Crippen molar-refractivity contribution >= 4 is 0 Å². The maximum absolute atomic E-state index is 11.4. The van der Waals surface area contributed by atoms with Gasteiger partial charge in [-0.3, -0.25) is 0 Å².